The number of benzene rings is 3. The molecule has 8 nitrogen and oxygen atoms in total. The zero-order valence-electron chi connectivity index (χ0n) is 20.9. The Balaban J connectivity index is 1.14. The van der Waals surface area contributed by atoms with E-state index in [0.717, 1.165) is 49.8 Å². The van der Waals surface area contributed by atoms with Crippen LogP contribution < -0.4 is 18.9 Å². The summed E-state index contributed by atoms with van der Waals surface area (Å²) in [6.07, 6.45) is 1.38. The maximum Gasteiger partial charge on any atom is 0.387 e. The minimum atomic E-state index is -3.00. The zero-order chi connectivity index (χ0) is 26.9. The summed E-state index contributed by atoms with van der Waals surface area (Å²) < 4.78 is 47.0. The maximum atomic E-state index is 13.1. The first-order chi connectivity index (χ1) is 18.9. The molecule has 0 aromatic heterocycles. The monoisotopic (exact) mass is 536 g/mol. The lowest BCUT2D eigenvalue weighted by Gasteiger charge is -2.35. The molecule has 1 N–H and O–H groups in total. The molecule has 0 unspecified atom stereocenters. The molecule has 0 atom stereocenters. The lowest BCUT2D eigenvalue weighted by molar-refractivity contribution is -0.0500. The number of phenols is 1. The Morgan fingerprint density at radius 2 is 1.69 bits per heavy atom. The van der Waals surface area contributed by atoms with Crippen LogP contribution in [-0.2, 0) is 13.1 Å². The second kappa shape index (κ2) is 10.5. The predicted octanol–water partition coefficient (Wildman–Crippen LogP) is 4.66. The Hall–Kier alpha value is -4.15. The van der Waals surface area contributed by atoms with Crippen LogP contribution in [0.5, 0.6) is 28.7 Å². The number of hydrogen-bond acceptors (Lipinski definition) is 8. The molecule has 0 spiro atoms. The van der Waals surface area contributed by atoms with Crippen molar-refractivity contribution in [2.75, 3.05) is 33.0 Å². The normalized spacial score (nSPS) is 18.0. The summed E-state index contributed by atoms with van der Waals surface area (Å²) in [4.78, 5) is 17.6. The van der Waals surface area contributed by atoms with Crippen molar-refractivity contribution in [2.45, 2.75) is 19.7 Å². The molecule has 1 saturated heterocycles. The molecular formula is C29H26F2N2O6. The van der Waals surface area contributed by atoms with E-state index < -0.39 is 6.61 Å². The van der Waals surface area contributed by atoms with Gasteiger partial charge in [-0.2, -0.15) is 8.78 Å². The van der Waals surface area contributed by atoms with Gasteiger partial charge in [0.1, 0.15) is 17.2 Å². The van der Waals surface area contributed by atoms with Gasteiger partial charge in [-0.05, 0) is 42.0 Å². The third-order valence-electron chi connectivity index (χ3n) is 7.03. The first-order valence-electron chi connectivity index (χ1n) is 12.6. The lowest BCUT2D eigenvalue weighted by atomic mass is 10.0. The zero-order valence-corrected chi connectivity index (χ0v) is 20.9. The Labute approximate surface area is 223 Å². The number of Topliss-reactive ketones (excluding diaryl/α,β-unsaturated/α-hetero) is 1. The van der Waals surface area contributed by atoms with E-state index in [1.807, 2.05) is 18.2 Å². The van der Waals surface area contributed by atoms with E-state index in [-0.39, 0.29) is 29.8 Å². The van der Waals surface area contributed by atoms with Gasteiger partial charge in [-0.15, -0.1) is 0 Å². The number of carbonyl (C=O) groups excluding carboxylic acids is 1. The largest absolute Gasteiger partial charge is 0.507 e. The van der Waals surface area contributed by atoms with Crippen molar-refractivity contribution >= 4 is 11.9 Å². The molecular weight excluding hydrogens is 510 g/mol. The number of rotatable bonds is 7. The number of alkyl halides is 2. The highest BCUT2D eigenvalue weighted by Gasteiger charge is 2.32. The van der Waals surface area contributed by atoms with Crippen LogP contribution >= 0.6 is 0 Å². The molecule has 202 valence electrons. The number of aromatic hydroxyl groups is 1. The van der Waals surface area contributed by atoms with Crippen molar-refractivity contribution in [1.29, 1.82) is 0 Å². The van der Waals surface area contributed by atoms with Gasteiger partial charge in [0.15, 0.2) is 17.3 Å². The summed E-state index contributed by atoms with van der Waals surface area (Å²) in [6, 6.07) is 15.2. The topological polar surface area (TPSA) is 80.7 Å². The van der Waals surface area contributed by atoms with E-state index in [1.54, 1.807) is 18.2 Å². The van der Waals surface area contributed by atoms with E-state index in [2.05, 4.69) is 14.5 Å². The Kier molecular flexibility index (Phi) is 6.80. The number of allylic oxidation sites excluding steroid dienone is 1. The second-order valence-electron chi connectivity index (χ2n) is 9.54. The van der Waals surface area contributed by atoms with Crippen LogP contribution in [0.25, 0.3) is 6.08 Å². The van der Waals surface area contributed by atoms with Crippen molar-refractivity contribution in [1.82, 2.24) is 9.80 Å². The maximum absolute atomic E-state index is 13.1. The molecule has 10 heteroatoms. The first kappa shape index (κ1) is 25.1. The van der Waals surface area contributed by atoms with Crippen molar-refractivity contribution in [3.8, 4) is 28.7 Å². The minimum absolute atomic E-state index is 0.0179. The fourth-order valence-corrected chi connectivity index (χ4v) is 5.02. The smallest absolute Gasteiger partial charge is 0.387 e. The summed E-state index contributed by atoms with van der Waals surface area (Å²) in [5.41, 5.74) is 2.28. The van der Waals surface area contributed by atoms with E-state index in [1.165, 1.54) is 24.3 Å². The number of carbonyl (C=O) groups is 1. The molecule has 0 amide bonds. The van der Waals surface area contributed by atoms with Crippen molar-refractivity contribution < 1.29 is 37.6 Å². The van der Waals surface area contributed by atoms with Gasteiger partial charge in [-0.25, -0.2) is 0 Å². The molecule has 1 fully saturated rings. The van der Waals surface area contributed by atoms with Crippen LogP contribution in [0.1, 0.15) is 27.0 Å². The highest BCUT2D eigenvalue weighted by atomic mass is 19.3. The molecule has 0 bridgehead atoms. The minimum Gasteiger partial charge on any atom is -0.507 e. The summed E-state index contributed by atoms with van der Waals surface area (Å²) in [5.74, 6) is 1.40. The third-order valence-corrected chi connectivity index (χ3v) is 7.03. The van der Waals surface area contributed by atoms with Crippen LogP contribution in [0, 0.1) is 0 Å². The molecule has 6 rings (SSSR count). The average Bonchev–Trinajstić information content (AvgIpc) is 3.52. The summed E-state index contributed by atoms with van der Waals surface area (Å²) in [7, 11) is 0. The molecule has 3 aliphatic heterocycles. The van der Waals surface area contributed by atoms with E-state index in [9.17, 15) is 18.7 Å². The standard InChI is InChI=1S/C29H26F2N2O6/c30-29(31)39-23-4-2-1-3-19(23)14-26-27(35)20-6-7-22(34)21(28(20)38-26)16-33-11-9-32(10-12-33)15-18-5-8-24-25(13-18)37-17-36-24/h1-8,13-14,29,34H,9-12,15-17H2/b26-14-. The first-order valence-corrected chi connectivity index (χ1v) is 12.6. The van der Waals surface area contributed by atoms with Gasteiger partial charge in [0.25, 0.3) is 0 Å². The molecule has 3 aromatic rings. The third kappa shape index (κ3) is 5.25. The molecule has 0 radical (unpaired) electrons. The van der Waals surface area contributed by atoms with Crippen LogP contribution in [0.4, 0.5) is 8.78 Å². The summed E-state index contributed by atoms with van der Waals surface area (Å²) >= 11 is 0. The Bertz CT molecular complexity index is 1440. The van der Waals surface area contributed by atoms with Crippen molar-refractivity contribution in [3.05, 3.63) is 82.6 Å². The van der Waals surface area contributed by atoms with Gasteiger partial charge in [-0.1, -0.05) is 24.3 Å². The Morgan fingerprint density at radius 3 is 2.49 bits per heavy atom. The van der Waals surface area contributed by atoms with E-state index >= 15 is 0 Å². The van der Waals surface area contributed by atoms with Gasteiger partial charge >= 0.3 is 6.61 Å². The molecule has 3 aliphatic rings. The summed E-state index contributed by atoms with van der Waals surface area (Å²) in [6.45, 7) is 1.64. The van der Waals surface area contributed by atoms with Crippen LogP contribution in [0.3, 0.4) is 0 Å². The molecule has 0 aliphatic carbocycles. The van der Waals surface area contributed by atoms with Gasteiger partial charge in [0, 0.05) is 44.8 Å². The van der Waals surface area contributed by atoms with Crippen LogP contribution in [0.15, 0.2) is 60.4 Å². The van der Waals surface area contributed by atoms with Gasteiger partial charge in [0.05, 0.1) is 11.1 Å². The number of nitrogens with zero attached hydrogens (tertiary/aromatic N) is 2. The number of ether oxygens (including phenoxy) is 4. The Morgan fingerprint density at radius 1 is 0.949 bits per heavy atom. The number of hydrogen-bond donors (Lipinski definition) is 1. The highest BCUT2D eigenvalue weighted by Crippen LogP contribution is 2.41. The molecule has 3 aromatic carbocycles. The number of halogens is 2. The number of para-hydroxylation sites is 1. The molecule has 39 heavy (non-hydrogen) atoms. The average molecular weight is 537 g/mol. The molecule has 0 saturated carbocycles. The fraction of sp³-hybridized carbons (Fsp3) is 0.276. The van der Waals surface area contributed by atoms with Crippen molar-refractivity contribution in [2.24, 2.45) is 0 Å². The second-order valence-corrected chi connectivity index (χ2v) is 9.54. The molecule has 3 heterocycles. The lowest BCUT2D eigenvalue weighted by Crippen LogP contribution is -2.45. The van der Waals surface area contributed by atoms with Crippen LogP contribution in [-0.4, -0.2) is 60.3 Å². The van der Waals surface area contributed by atoms with Crippen molar-refractivity contribution in [3.63, 3.8) is 0 Å². The quantitative estimate of drug-likeness (QED) is 0.437. The number of phenolic OH excluding ortho intramolecular Hbond substituents is 1. The van der Waals surface area contributed by atoms with Gasteiger partial charge in [-0.3, -0.25) is 14.6 Å². The van der Waals surface area contributed by atoms with Gasteiger partial charge < -0.3 is 24.1 Å². The summed E-state index contributed by atoms with van der Waals surface area (Å²) in [5, 5.41) is 10.7. The van der Waals surface area contributed by atoms with E-state index in [4.69, 9.17) is 14.2 Å². The number of ketones is 1. The number of fused-ring (bicyclic) bond motifs is 2. The van der Waals surface area contributed by atoms with Gasteiger partial charge in [0.2, 0.25) is 12.6 Å². The van der Waals surface area contributed by atoms with E-state index in [0.29, 0.717) is 29.0 Å². The highest BCUT2D eigenvalue weighted by molar-refractivity contribution is 6.15. The van der Waals surface area contributed by atoms with Crippen LogP contribution in [0.2, 0.25) is 0 Å². The number of piperazine rings is 1. The fourth-order valence-electron chi connectivity index (χ4n) is 5.02. The SMILES string of the molecule is O=C1/C(=C/c2ccccc2OC(F)F)Oc2c1ccc(O)c2CN1CCN(Cc2ccc3c(c2)OCO3)CC1. The predicted molar refractivity (Wildman–Crippen MR) is 137 cm³/mol.